The van der Waals surface area contributed by atoms with E-state index in [0.717, 1.165) is 12.8 Å². The van der Waals surface area contributed by atoms with E-state index in [0.29, 0.717) is 48.3 Å². The largest absolute Gasteiger partial charge is 0.492 e. The van der Waals surface area contributed by atoms with Crippen LogP contribution in [0, 0.1) is 0 Å². The molecule has 1 aromatic carbocycles. The van der Waals surface area contributed by atoms with Crippen LogP contribution in [0.3, 0.4) is 0 Å². The molecule has 1 rings (SSSR count). The van der Waals surface area contributed by atoms with Crippen molar-refractivity contribution in [3.63, 3.8) is 0 Å². The number of hydrogen-bond acceptors (Lipinski definition) is 3. The van der Waals surface area contributed by atoms with Crippen molar-refractivity contribution < 1.29 is 9.53 Å². The molecular formula is C14H20Cl2N2O2. The van der Waals surface area contributed by atoms with E-state index in [1.54, 1.807) is 18.2 Å². The van der Waals surface area contributed by atoms with Gasteiger partial charge in [0.1, 0.15) is 5.75 Å². The molecule has 3 N–H and O–H groups in total. The minimum absolute atomic E-state index is 0.0350. The summed E-state index contributed by atoms with van der Waals surface area (Å²) in [5, 5.41) is 3.89. The quantitative estimate of drug-likeness (QED) is 0.688. The number of carbonyl (C=O) groups excluding carboxylic acids is 1. The number of rotatable bonds is 9. The van der Waals surface area contributed by atoms with Gasteiger partial charge in [0.25, 0.3) is 0 Å². The SMILES string of the molecule is NCCCCNC(=O)CCCOc1ccc(Cl)cc1Cl. The van der Waals surface area contributed by atoms with Crippen molar-refractivity contribution in [3.05, 3.63) is 28.2 Å². The Morgan fingerprint density at radius 3 is 2.75 bits per heavy atom. The zero-order chi connectivity index (χ0) is 14.8. The molecule has 4 nitrogen and oxygen atoms in total. The first-order valence-corrected chi connectivity index (χ1v) is 7.43. The first-order valence-electron chi connectivity index (χ1n) is 6.68. The fourth-order valence-corrected chi connectivity index (χ4v) is 2.06. The van der Waals surface area contributed by atoms with Crippen LogP contribution in [0.15, 0.2) is 18.2 Å². The Bertz CT molecular complexity index is 428. The molecule has 0 bridgehead atoms. The summed E-state index contributed by atoms with van der Waals surface area (Å²) in [6, 6.07) is 5.06. The second-order valence-electron chi connectivity index (χ2n) is 4.37. The molecule has 1 aromatic rings. The van der Waals surface area contributed by atoms with Crippen molar-refractivity contribution in [2.24, 2.45) is 5.73 Å². The number of amides is 1. The molecule has 0 aliphatic rings. The Hall–Kier alpha value is -0.970. The van der Waals surface area contributed by atoms with Gasteiger partial charge in [-0.1, -0.05) is 23.2 Å². The number of nitrogens with two attached hydrogens (primary N) is 1. The average molecular weight is 319 g/mol. The van der Waals surface area contributed by atoms with Gasteiger partial charge in [-0.25, -0.2) is 0 Å². The molecule has 0 aromatic heterocycles. The van der Waals surface area contributed by atoms with E-state index >= 15 is 0 Å². The number of unbranched alkanes of at least 4 members (excludes halogenated alkanes) is 1. The van der Waals surface area contributed by atoms with Crippen molar-refractivity contribution in [3.8, 4) is 5.75 Å². The van der Waals surface area contributed by atoms with E-state index < -0.39 is 0 Å². The summed E-state index contributed by atoms with van der Waals surface area (Å²) in [6.45, 7) is 1.78. The van der Waals surface area contributed by atoms with Gasteiger partial charge >= 0.3 is 0 Å². The predicted octanol–water partition coefficient (Wildman–Crippen LogP) is 3.01. The zero-order valence-corrected chi connectivity index (χ0v) is 12.8. The lowest BCUT2D eigenvalue weighted by Crippen LogP contribution is -2.25. The van der Waals surface area contributed by atoms with E-state index in [1.807, 2.05) is 0 Å². The summed E-state index contributed by atoms with van der Waals surface area (Å²) >= 11 is 11.8. The van der Waals surface area contributed by atoms with Gasteiger partial charge in [0.2, 0.25) is 5.91 Å². The van der Waals surface area contributed by atoms with Crippen molar-refractivity contribution >= 4 is 29.1 Å². The standard InChI is InChI=1S/C14H20Cl2N2O2/c15-11-5-6-13(12(16)10-11)20-9-3-4-14(19)18-8-2-1-7-17/h5-6,10H,1-4,7-9,17H2,(H,18,19). The van der Waals surface area contributed by atoms with Crippen LogP contribution < -0.4 is 15.8 Å². The van der Waals surface area contributed by atoms with E-state index in [-0.39, 0.29) is 5.91 Å². The first-order chi connectivity index (χ1) is 9.63. The highest BCUT2D eigenvalue weighted by Crippen LogP contribution is 2.27. The summed E-state index contributed by atoms with van der Waals surface area (Å²) in [4.78, 5) is 11.5. The first kappa shape index (κ1) is 17.1. The smallest absolute Gasteiger partial charge is 0.220 e. The molecule has 0 aliphatic carbocycles. The van der Waals surface area contributed by atoms with Gasteiger partial charge in [-0.15, -0.1) is 0 Å². The molecule has 6 heteroatoms. The lowest BCUT2D eigenvalue weighted by atomic mass is 10.3. The second-order valence-corrected chi connectivity index (χ2v) is 5.22. The van der Waals surface area contributed by atoms with Crippen LogP contribution in [-0.4, -0.2) is 25.6 Å². The molecule has 0 radical (unpaired) electrons. The summed E-state index contributed by atoms with van der Waals surface area (Å²) in [5.41, 5.74) is 5.37. The maximum atomic E-state index is 11.5. The van der Waals surface area contributed by atoms with Gasteiger partial charge in [-0.2, -0.15) is 0 Å². The minimum atomic E-state index is 0.0350. The molecule has 0 saturated carbocycles. The molecule has 20 heavy (non-hydrogen) atoms. The maximum Gasteiger partial charge on any atom is 0.220 e. The molecule has 0 fully saturated rings. The number of benzene rings is 1. The molecule has 0 spiro atoms. The summed E-state index contributed by atoms with van der Waals surface area (Å²) in [7, 11) is 0. The van der Waals surface area contributed by atoms with Gasteiger partial charge in [-0.3, -0.25) is 4.79 Å². The van der Waals surface area contributed by atoms with Crippen LogP contribution in [0.1, 0.15) is 25.7 Å². The summed E-state index contributed by atoms with van der Waals surface area (Å²) in [6.07, 6.45) is 2.92. The number of hydrogen-bond donors (Lipinski definition) is 2. The number of carbonyl (C=O) groups is 1. The number of nitrogens with one attached hydrogen (secondary N) is 1. The highest BCUT2D eigenvalue weighted by molar-refractivity contribution is 6.35. The Morgan fingerprint density at radius 2 is 2.05 bits per heavy atom. The molecule has 112 valence electrons. The summed E-state index contributed by atoms with van der Waals surface area (Å²) in [5.74, 6) is 0.618. The molecular weight excluding hydrogens is 299 g/mol. The second kappa shape index (κ2) is 9.86. The maximum absolute atomic E-state index is 11.5. The third-order valence-electron chi connectivity index (χ3n) is 2.65. The van der Waals surface area contributed by atoms with Crippen LogP contribution in [-0.2, 0) is 4.79 Å². The highest BCUT2D eigenvalue weighted by Gasteiger charge is 2.04. The molecule has 0 heterocycles. The Labute approximate surface area is 129 Å². The zero-order valence-electron chi connectivity index (χ0n) is 11.3. The normalized spacial score (nSPS) is 10.3. The molecule has 0 atom stereocenters. The molecule has 1 amide bonds. The molecule has 0 unspecified atom stereocenters. The van der Waals surface area contributed by atoms with Crippen molar-refractivity contribution in [1.29, 1.82) is 0 Å². The van der Waals surface area contributed by atoms with Crippen LogP contribution in [0.2, 0.25) is 10.0 Å². The third kappa shape index (κ3) is 6.98. The van der Waals surface area contributed by atoms with Crippen LogP contribution >= 0.6 is 23.2 Å². The minimum Gasteiger partial charge on any atom is -0.492 e. The van der Waals surface area contributed by atoms with Gasteiger partial charge in [0.05, 0.1) is 11.6 Å². The molecule has 0 aliphatic heterocycles. The van der Waals surface area contributed by atoms with Crippen molar-refractivity contribution in [2.45, 2.75) is 25.7 Å². The fourth-order valence-electron chi connectivity index (χ4n) is 1.59. The van der Waals surface area contributed by atoms with Crippen LogP contribution in [0.4, 0.5) is 0 Å². The van der Waals surface area contributed by atoms with E-state index in [1.165, 1.54) is 0 Å². The van der Waals surface area contributed by atoms with Gasteiger partial charge in [0.15, 0.2) is 0 Å². The monoisotopic (exact) mass is 318 g/mol. The van der Waals surface area contributed by atoms with Gasteiger partial charge < -0.3 is 15.8 Å². The van der Waals surface area contributed by atoms with Gasteiger partial charge in [0, 0.05) is 18.0 Å². The Balaban J connectivity index is 2.13. The van der Waals surface area contributed by atoms with E-state index in [9.17, 15) is 4.79 Å². The lowest BCUT2D eigenvalue weighted by molar-refractivity contribution is -0.121. The fraction of sp³-hybridized carbons (Fsp3) is 0.500. The summed E-state index contributed by atoms with van der Waals surface area (Å²) < 4.78 is 5.50. The molecule has 0 saturated heterocycles. The van der Waals surface area contributed by atoms with Crippen LogP contribution in [0.5, 0.6) is 5.75 Å². The van der Waals surface area contributed by atoms with E-state index in [2.05, 4.69) is 5.32 Å². The third-order valence-corrected chi connectivity index (χ3v) is 3.18. The topological polar surface area (TPSA) is 64.3 Å². The number of ether oxygens (including phenoxy) is 1. The highest BCUT2D eigenvalue weighted by atomic mass is 35.5. The number of halogens is 2. The van der Waals surface area contributed by atoms with Crippen molar-refractivity contribution in [2.75, 3.05) is 19.7 Å². The Morgan fingerprint density at radius 1 is 1.25 bits per heavy atom. The van der Waals surface area contributed by atoms with Crippen molar-refractivity contribution in [1.82, 2.24) is 5.32 Å². The van der Waals surface area contributed by atoms with E-state index in [4.69, 9.17) is 33.7 Å². The average Bonchev–Trinajstić information content (AvgIpc) is 2.41. The lowest BCUT2D eigenvalue weighted by Gasteiger charge is -2.08. The van der Waals surface area contributed by atoms with Crippen LogP contribution in [0.25, 0.3) is 0 Å². The van der Waals surface area contributed by atoms with Gasteiger partial charge in [-0.05, 0) is 44.0 Å². The predicted molar refractivity (Wildman–Crippen MR) is 82.5 cm³/mol. The Kier molecular flexibility index (Phi) is 8.42.